The summed E-state index contributed by atoms with van der Waals surface area (Å²) in [7, 11) is 0. The van der Waals surface area contributed by atoms with E-state index in [-0.39, 0.29) is 11.8 Å². The number of anilines is 1. The summed E-state index contributed by atoms with van der Waals surface area (Å²) < 4.78 is 0. The number of carbonyl (C=O) groups excluding carboxylic acids is 2. The lowest BCUT2D eigenvalue weighted by Gasteiger charge is -2.32. The van der Waals surface area contributed by atoms with E-state index in [4.69, 9.17) is 0 Å². The highest BCUT2D eigenvalue weighted by Crippen LogP contribution is 2.37. The van der Waals surface area contributed by atoms with Gasteiger partial charge in [-0.3, -0.25) is 14.5 Å². The molecule has 4 nitrogen and oxygen atoms in total. The Bertz CT molecular complexity index is 886. The first kappa shape index (κ1) is 16.6. The fourth-order valence-corrected chi connectivity index (χ4v) is 3.87. The molecule has 0 saturated heterocycles. The van der Waals surface area contributed by atoms with Crippen LogP contribution in [0, 0.1) is 0 Å². The lowest BCUT2D eigenvalue weighted by Crippen LogP contribution is -2.37. The summed E-state index contributed by atoms with van der Waals surface area (Å²) >= 11 is 0. The smallest absolute Gasteiger partial charge is 0.278 e. The maximum atomic E-state index is 13.2. The first-order valence-corrected chi connectivity index (χ1v) is 9.23. The van der Waals surface area contributed by atoms with Gasteiger partial charge in [-0.1, -0.05) is 55.5 Å². The minimum atomic E-state index is -0.180. The molecule has 2 heterocycles. The van der Waals surface area contributed by atoms with Crippen LogP contribution in [0.25, 0.3) is 5.57 Å². The maximum absolute atomic E-state index is 13.2. The normalized spacial score (nSPS) is 17.1. The highest BCUT2D eigenvalue weighted by Gasteiger charge is 2.42. The predicted molar refractivity (Wildman–Crippen MR) is 102 cm³/mol. The molecule has 0 aromatic heterocycles. The van der Waals surface area contributed by atoms with Crippen LogP contribution in [-0.4, -0.2) is 29.8 Å². The SMILES string of the molecule is CCCN1C(=O)C(c2ccccc2)=C(N2CCCc3ccccc32)C1=O. The van der Waals surface area contributed by atoms with E-state index in [9.17, 15) is 9.59 Å². The molecule has 132 valence electrons. The van der Waals surface area contributed by atoms with Gasteiger partial charge in [0.15, 0.2) is 0 Å². The van der Waals surface area contributed by atoms with Gasteiger partial charge in [0.05, 0.1) is 5.57 Å². The number of amides is 2. The average Bonchev–Trinajstić information content (AvgIpc) is 2.93. The van der Waals surface area contributed by atoms with Crippen LogP contribution in [0.5, 0.6) is 0 Å². The zero-order valence-corrected chi connectivity index (χ0v) is 14.9. The van der Waals surface area contributed by atoms with Crippen molar-refractivity contribution in [1.82, 2.24) is 4.90 Å². The zero-order chi connectivity index (χ0) is 18.1. The van der Waals surface area contributed by atoms with Gasteiger partial charge in [-0.05, 0) is 36.5 Å². The molecule has 2 aromatic carbocycles. The van der Waals surface area contributed by atoms with Crippen LogP contribution >= 0.6 is 0 Å². The van der Waals surface area contributed by atoms with Gasteiger partial charge in [0.1, 0.15) is 5.70 Å². The molecule has 2 aromatic rings. The van der Waals surface area contributed by atoms with Crippen LogP contribution in [-0.2, 0) is 16.0 Å². The largest absolute Gasteiger partial charge is 0.336 e. The Hall–Kier alpha value is -2.88. The van der Waals surface area contributed by atoms with Crippen molar-refractivity contribution in [3.63, 3.8) is 0 Å². The number of benzene rings is 2. The Morgan fingerprint density at radius 2 is 1.65 bits per heavy atom. The van der Waals surface area contributed by atoms with E-state index in [1.807, 2.05) is 55.5 Å². The Kier molecular flexibility index (Phi) is 4.33. The van der Waals surface area contributed by atoms with Crippen LogP contribution in [0.4, 0.5) is 5.69 Å². The summed E-state index contributed by atoms with van der Waals surface area (Å²) in [5, 5.41) is 0. The van der Waals surface area contributed by atoms with Gasteiger partial charge >= 0.3 is 0 Å². The molecule has 0 fully saturated rings. The quantitative estimate of drug-likeness (QED) is 0.794. The first-order valence-electron chi connectivity index (χ1n) is 9.23. The number of imide groups is 1. The van der Waals surface area contributed by atoms with Gasteiger partial charge < -0.3 is 4.90 Å². The summed E-state index contributed by atoms with van der Waals surface area (Å²) in [4.78, 5) is 29.7. The standard InChI is InChI=1S/C22H22N2O2/c1-2-14-24-21(25)19(17-10-4-3-5-11-17)20(22(24)26)23-15-8-12-16-9-6-7-13-18(16)23/h3-7,9-11,13H,2,8,12,14-15H2,1H3. The van der Waals surface area contributed by atoms with E-state index in [0.717, 1.165) is 37.1 Å². The molecule has 2 aliphatic heterocycles. The molecule has 0 radical (unpaired) electrons. The highest BCUT2D eigenvalue weighted by molar-refractivity contribution is 6.36. The first-order chi connectivity index (χ1) is 12.7. The van der Waals surface area contributed by atoms with Crippen LogP contribution in [0.2, 0.25) is 0 Å². The van der Waals surface area contributed by atoms with E-state index in [2.05, 4.69) is 11.0 Å². The number of fused-ring (bicyclic) bond motifs is 1. The van der Waals surface area contributed by atoms with Crippen molar-refractivity contribution in [3.8, 4) is 0 Å². The number of para-hydroxylation sites is 1. The number of nitrogens with zero attached hydrogens (tertiary/aromatic N) is 2. The Labute approximate surface area is 153 Å². The second kappa shape index (κ2) is 6.79. The molecule has 4 heteroatoms. The van der Waals surface area contributed by atoms with E-state index >= 15 is 0 Å². The minimum Gasteiger partial charge on any atom is -0.336 e. The van der Waals surface area contributed by atoms with E-state index in [1.165, 1.54) is 10.5 Å². The number of aryl methyl sites for hydroxylation is 1. The lowest BCUT2D eigenvalue weighted by atomic mass is 9.98. The third-order valence-electron chi connectivity index (χ3n) is 5.03. The van der Waals surface area contributed by atoms with Crippen molar-refractivity contribution in [3.05, 3.63) is 71.4 Å². The van der Waals surface area contributed by atoms with Crippen molar-refractivity contribution in [2.75, 3.05) is 18.0 Å². The highest BCUT2D eigenvalue weighted by atomic mass is 16.2. The molecule has 0 atom stereocenters. The van der Waals surface area contributed by atoms with E-state index in [0.29, 0.717) is 17.8 Å². The number of carbonyl (C=O) groups is 2. The third kappa shape index (κ3) is 2.62. The molecular weight excluding hydrogens is 324 g/mol. The van der Waals surface area contributed by atoms with Gasteiger partial charge in [0.2, 0.25) is 0 Å². The molecule has 0 spiro atoms. The number of hydrogen-bond acceptors (Lipinski definition) is 3. The van der Waals surface area contributed by atoms with Gasteiger partial charge in [-0.15, -0.1) is 0 Å². The average molecular weight is 346 g/mol. The fraction of sp³-hybridized carbons (Fsp3) is 0.273. The monoisotopic (exact) mass is 346 g/mol. The molecule has 2 amide bonds. The maximum Gasteiger partial charge on any atom is 0.278 e. The zero-order valence-electron chi connectivity index (χ0n) is 14.9. The molecule has 0 bridgehead atoms. The van der Waals surface area contributed by atoms with Crippen LogP contribution < -0.4 is 4.90 Å². The van der Waals surface area contributed by atoms with Crippen LogP contribution in [0.3, 0.4) is 0 Å². The fourth-order valence-electron chi connectivity index (χ4n) is 3.87. The molecule has 0 unspecified atom stereocenters. The van der Waals surface area contributed by atoms with Crippen LogP contribution in [0.15, 0.2) is 60.3 Å². The van der Waals surface area contributed by atoms with E-state index < -0.39 is 0 Å². The number of rotatable bonds is 4. The van der Waals surface area contributed by atoms with E-state index in [1.54, 1.807) is 0 Å². The molecule has 2 aliphatic rings. The summed E-state index contributed by atoms with van der Waals surface area (Å²) in [5.41, 5.74) is 4.14. The topological polar surface area (TPSA) is 40.6 Å². The summed E-state index contributed by atoms with van der Waals surface area (Å²) in [6.07, 6.45) is 2.72. The van der Waals surface area contributed by atoms with Crippen molar-refractivity contribution >= 4 is 23.1 Å². The van der Waals surface area contributed by atoms with Crippen LogP contribution in [0.1, 0.15) is 30.9 Å². The Morgan fingerprint density at radius 3 is 2.42 bits per heavy atom. The van der Waals surface area contributed by atoms with Crippen molar-refractivity contribution in [1.29, 1.82) is 0 Å². The van der Waals surface area contributed by atoms with Gasteiger partial charge in [0.25, 0.3) is 11.8 Å². The third-order valence-corrected chi connectivity index (χ3v) is 5.03. The lowest BCUT2D eigenvalue weighted by molar-refractivity contribution is -0.136. The number of hydrogen-bond donors (Lipinski definition) is 0. The minimum absolute atomic E-state index is 0.174. The summed E-state index contributed by atoms with van der Waals surface area (Å²) in [6, 6.07) is 17.7. The Morgan fingerprint density at radius 1 is 0.923 bits per heavy atom. The Balaban J connectivity index is 1.89. The van der Waals surface area contributed by atoms with Gasteiger partial charge in [0, 0.05) is 18.8 Å². The molecule has 0 saturated carbocycles. The molecule has 0 aliphatic carbocycles. The van der Waals surface area contributed by atoms with Crippen molar-refractivity contribution < 1.29 is 9.59 Å². The second-order valence-corrected chi connectivity index (χ2v) is 6.74. The van der Waals surface area contributed by atoms with Crippen molar-refractivity contribution in [2.24, 2.45) is 0 Å². The van der Waals surface area contributed by atoms with Gasteiger partial charge in [-0.2, -0.15) is 0 Å². The second-order valence-electron chi connectivity index (χ2n) is 6.74. The summed E-state index contributed by atoms with van der Waals surface area (Å²) in [6.45, 7) is 3.19. The molecule has 4 rings (SSSR count). The summed E-state index contributed by atoms with van der Waals surface area (Å²) in [5.74, 6) is -0.353. The molecular formula is C22H22N2O2. The predicted octanol–water partition coefficient (Wildman–Crippen LogP) is 3.63. The molecule has 26 heavy (non-hydrogen) atoms. The molecule has 0 N–H and O–H groups in total. The van der Waals surface area contributed by atoms with Gasteiger partial charge in [-0.25, -0.2) is 0 Å². The van der Waals surface area contributed by atoms with Crippen molar-refractivity contribution in [2.45, 2.75) is 26.2 Å².